The second-order valence-electron chi connectivity index (χ2n) is 2.73. The predicted molar refractivity (Wildman–Crippen MR) is 45.3 cm³/mol. The molecule has 0 saturated heterocycles. The average molecular weight is 242 g/mol. The lowest BCUT2D eigenvalue weighted by atomic mass is 10.5. The van der Waals surface area contributed by atoms with Crippen LogP contribution < -0.4 is 20.3 Å². The van der Waals surface area contributed by atoms with Crippen LogP contribution in [0, 0.1) is 25.7 Å². The molecule has 0 amide bonds. The van der Waals surface area contributed by atoms with Gasteiger partial charge in [-0.1, -0.05) is 0 Å². The second kappa shape index (κ2) is 3.19. The van der Waals surface area contributed by atoms with Crippen molar-refractivity contribution in [1.82, 2.24) is 15.3 Å². The molecule has 88 valence electrons. The topological polar surface area (TPSA) is 189 Å². The van der Waals surface area contributed by atoms with Crippen LogP contribution in [0.2, 0.25) is 0 Å². The van der Waals surface area contributed by atoms with Gasteiger partial charge in [0, 0.05) is 4.98 Å². The van der Waals surface area contributed by atoms with Gasteiger partial charge in [-0.2, -0.15) is 0 Å². The Morgan fingerprint density at radius 1 is 1.24 bits per heavy atom. The first-order valence-corrected chi connectivity index (χ1v) is 3.87. The maximum absolute atomic E-state index is 11.4. The van der Waals surface area contributed by atoms with E-state index in [1.54, 1.807) is 0 Å². The molecule has 0 saturated carbocycles. The van der Waals surface area contributed by atoms with Gasteiger partial charge in [0.2, 0.25) is 5.10 Å². The summed E-state index contributed by atoms with van der Waals surface area (Å²) in [7, 11) is 0. The molecule has 0 aliphatic heterocycles. The summed E-state index contributed by atoms with van der Waals surface area (Å²) in [5.74, 6) is -1.91. The minimum Gasteiger partial charge on any atom is -0.739 e. The molecule has 2 aromatic heterocycles. The van der Waals surface area contributed by atoms with Gasteiger partial charge in [0.05, 0.1) is 4.85 Å². The van der Waals surface area contributed by atoms with E-state index in [-0.39, 0.29) is 9.58 Å². The Balaban J connectivity index is 2.96. The van der Waals surface area contributed by atoms with Gasteiger partial charge < -0.3 is 31.5 Å². The minimum absolute atomic E-state index is 0.245. The molecule has 0 aromatic carbocycles. The van der Waals surface area contributed by atoms with Gasteiger partial charge in [0.25, 0.3) is 0 Å². The van der Waals surface area contributed by atoms with Gasteiger partial charge in [-0.05, 0) is 4.92 Å². The molecule has 0 aliphatic rings. The van der Waals surface area contributed by atoms with Crippen LogP contribution >= 0.6 is 0 Å². The van der Waals surface area contributed by atoms with Crippen molar-refractivity contribution < 1.29 is 19.5 Å². The fraction of sp³-hybridized carbons (Fsp3) is 0. The monoisotopic (exact) mass is 242 g/mol. The molecule has 2 heterocycles. The zero-order valence-electron chi connectivity index (χ0n) is 7.75. The second-order valence-corrected chi connectivity index (χ2v) is 2.73. The molecule has 0 spiro atoms. The fourth-order valence-electron chi connectivity index (χ4n) is 1.06. The minimum atomic E-state index is -1.05. The van der Waals surface area contributed by atoms with E-state index in [1.807, 2.05) is 0 Å². The van der Waals surface area contributed by atoms with E-state index in [9.17, 15) is 25.7 Å². The van der Waals surface area contributed by atoms with Crippen LogP contribution in [0.1, 0.15) is 0 Å². The zero-order valence-corrected chi connectivity index (χ0v) is 7.75. The van der Waals surface area contributed by atoms with Crippen molar-refractivity contribution in [2.45, 2.75) is 0 Å². The summed E-state index contributed by atoms with van der Waals surface area (Å²) in [6.45, 7) is 0. The van der Waals surface area contributed by atoms with E-state index in [4.69, 9.17) is 5.73 Å². The summed E-state index contributed by atoms with van der Waals surface area (Å²) in [5.41, 5.74) is 3.56. The molecule has 13 nitrogen and oxygen atoms in total. The first-order valence-electron chi connectivity index (χ1n) is 3.87. The summed E-state index contributed by atoms with van der Waals surface area (Å²) >= 11 is 0. The highest BCUT2D eigenvalue weighted by atomic mass is 16.6. The predicted octanol–water partition coefficient (Wildman–Crippen LogP) is -3.58. The van der Waals surface area contributed by atoms with Crippen LogP contribution in [-0.2, 0) is 0 Å². The van der Waals surface area contributed by atoms with Crippen LogP contribution in [0.25, 0.3) is 11.3 Å². The molecule has 0 fully saturated rings. The molecule has 2 aromatic rings. The highest BCUT2D eigenvalue weighted by molar-refractivity contribution is 5.60. The van der Waals surface area contributed by atoms with Gasteiger partial charge in [-0.3, -0.25) is 0 Å². The third kappa shape index (κ3) is 1.41. The number of rotatable bonds is 1. The van der Waals surface area contributed by atoms with Crippen molar-refractivity contribution in [1.29, 1.82) is 0 Å². The largest absolute Gasteiger partial charge is 0.739 e. The Labute approximate surface area is 90.2 Å². The van der Waals surface area contributed by atoms with Crippen molar-refractivity contribution in [3.8, 4) is 0 Å². The number of nitrogens with two attached hydrogens (primary N) is 1. The molecule has 17 heavy (non-hydrogen) atoms. The third-order valence-electron chi connectivity index (χ3n) is 1.74. The lowest BCUT2D eigenvalue weighted by Gasteiger charge is -2.04. The van der Waals surface area contributed by atoms with Crippen LogP contribution in [0.3, 0.4) is 0 Å². The number of aromatic nitrogens is 6. The van der Waals surface area contributed by atoms with E-state index in [0.29, 0.717) is 0 Å². The number of nitrogens with zero attached hydrogens (tertiary/aromatic N) is 7. The molecule has 0 bridgehead atoms. The third-order valence-corrected chi connectivity index (χ3v) is 1.74. The van der Waals surface area contributed by atoms with Gasteiger partial charge in [0.15, 0.2) is 4.96 Å². The number of hydrogen-bond acceptors (Lipinski definition) is 9. The molecular formula is C4H2N8O5. The first kappa shape index (κ1) is 10.4. The molecule has 13 heteroatoms. The van der Waals surface area contributed by atoms with E-state index in [1.165, 1.54) is 0 Å². The number of fused-ring (bicyclic) bond motifs is 1. The van der Waals surface area contributed by atoms with Gasteiger partial charge in [0.1, 0.15) is 0 Å². The summed E-state index contributed by atoms with van der Waals surface area (Å²) in [6.07, 6.45) is 0. The zero-order chi connectivity index (χ0) is 12.7. The average Bonchev–Trinajstić information content (AvgIpc) is 2.23. The lowest BCUT2D eigenvalue weighted by Crippen LogP contribution is -2.53. The number of nitro groups is 1. The molecular weight excluding hydrogens is 240 g/mol. The molecule has 0 unspecified atom stereocenters. The maximum atomic E-state index is 11.4. The first-order chi connectivity index (χ1) is 7.91. The highest BCUT2D eigenvalue weighted by Crippen LogP contribution is 2.14. The van der Waals surface area contributed by atoms with Crippen LogP contribution in [0.4, 0.5) is 11.6 Å². The SMILES string of the molecule is Nc1c([N+](=O)[O-])nc2c(n[n+]([O-])n[n+]2[O-])[n+]1[O-]. The summed E-state index contributed by atoms with van der Waals surface area (Å²) in [6, 6.07) is 0. The molecule has 2 N–H and O–H groups in total. The Hall–Kier alpha value is -3.12. The van der Waals surface area contributed by atoms with Crippen molar-refractivity contribution in [3.05, 3.63) is 25.7 Å². The van der Waals surface area contributed by atoms with Crippen LogP contribution in [0.5, 0.6) is 0 Å². The Morgan fingerprint density at radius 2 is 1.88 bits per heavy atom. The van der Waals surface area contributed by atoms with E-state index in [2.05, 4.69) is 15.3 Å². The molecule has 0 atom stereocenters. The number of anilines is 1. The normalized spacial score (nSPS) is 10.6. The number of hydrogen-bond donors (Lipinski definition) is 1. The Kier molecular flexibility index (Phi) is 1.95. The summed E-state index contributed by atoms with van der Waals surface area (Å²) < 4.78 is -0.245. The van der Waals surface area contributed by atoms with Crippen LogP contribution in [0.15, 0.2) is 0 Å². The number of nitrogen functional groups attached to an aromatic ring is 1. The Morgan fingerprint density at radius 3 is 2.47 bits per heavy atom. The molecule has 0 aliphatic carbocycles. The summed E-state index contributed by atoms with van der Waals surface area (Å²) in [5, 5.41) is 49.4. The van der Waals surface area contributed by atoms with Gasteiger partial charge >= 0.3 is 28.1 Å². The Bertz CT molecular complexity index is 642. The molecule has 0 radical (unpaired) electrons. The summed E-state index contributed by atoms with van der Waals surface area (Å²) in [4.78, 5) is 11.8. The maximum Gasteiger partial charge on any atom is 0.536 e. The van der Waals surface area contributed by atoms with Gasteiger partial charge in [-0.25, -0.2) is 4.73 Å². The van der Waals surface area contributed by atoms with E-state index >= 15 is 0 Å². The fourth-order valence-corrected chi connectivity index (χ4v) is 1.06. The standard InChI is InChI=1S/C4H2N8O5/c5-1-2(11(15)16)6-3-4(9(1)13)7-12(17)8-10(3)14/h5H2. The van der Waals surface area contributed by atoms with Gasteiger partial charge in [-0.15, -0.1) is 0 Å². The smallest absolute Gasteiger partial charge is 0.536 e. The van der Waals surface area contributed by atoms with Crippen molar-refractivity contribution in [2.24, 2.45) is 0 Å². The quantitative estimate of drug-likeness (QED) is 0.228. The van der Waals surface area contributed by atoms with Crippen molar-refractivity contribution in [3.63, 3.8) is 0 Å². The molecule has 2 rings (SSSR count). The van der Waals surface area contributed by atoms with E-state index in [0.717, 1.165) is 0 Å². The van der Waals surface area contributed by atoms with Crippen molar-refractivity contribution >= 4 is 22.9 Å². The van der Waals surface area contributed by atoms with E-state index < -0.39 is 32.8 Å². The lowest BCUT2D eigenvalue weighted by molar-refractivity contribution is -0.868. The van der Waals surface area contributed by atoms with Crippen molar-refractivity contribution in [2.75, 3.05) is 5.73 Å². The van der Waals surface area contributed by atoms with Crippen LogP contribution in [-0.4, -0.2) is 20.2 Å². The highest BCUT2D eigenvalue weighted by Gasteiger charge is 2.34.